The van der Waals surface area contributed by atoms with Crippen LogP contribution in [0.1, 0.15) is 34.7 Å². The van der Waals surface area contributed by atoms with Crippen LogP contribution in [0.3, 0.4) is 0 Å². The van der Waals surface area contributed by atoms with Crippen molar-refractivity contribution in [2.24, 2.45) is 16.5 Å². The number of carbonyl (C=O) groups excluding carboxylic acids is 1. The highest BCUT2D eigenvalue weighted by Gasteiger charge is 2.30. The van der Waals surface area contributed by atoms with E-state index in [0.717, 1.165) is 35.0 Å². The molecule has 1 fully saturated rings. The first-order chi connectivity index (χ1) is 11.6. The highest BCUT2D eigenvalue weighted by molar-refractivity contribution is 6.03. The molecule has 0 bridgehead atoms. The molecule has 0 spiro atoms. The highest BCUT2D eigenvalue weighted by atomic mass is 35.5. The number of halogens is 1. The number of aromatic nitrogens is 2. The molecule has 25 heavy (non-hydrogen) atoms. The van der Waals surface area contributed by atoms with Crippen LogP contribution in [0.2, 0.25) is 0 Å². The summed E-state index contributed by atoms with van der Waals surface area (Å²) in [6, 6.07) is 9.86. The molecular formula is C18H18ClN5O. The number of benzene rings is 1. The normalized spacial score (nSPS) is 13.3. The molecule has 4 rings (SSSR count). The van der Waals surface area contributed by atoms with Gasteiger partial charge in [0.1, 0.15) is 0 Å². The second-order valence-corrected chi connectivity index (χ2v) is 6.00. The maximum Gasteiger partial charge on any atom is 0.282 e. The number of rotatable bonds is 3. The van der Waals surface area contributed by atoms with Crippen LogP contribution in [0.25, 0.3) is 16.6 Å². The molecule has 7 heteroatoms. The quantitative estimate of drug-likeness (QED) is 0.557. The number of nitrogens with two attached hydrogens (primary N) is 2. The first-order valence-electron chi connectivity index (χ1n) is 7.83. The predicted octanol–water partition coefficient (Wildman–Crippen LogP) is 2.74. The molecule has 1 saturated carbocycles. The molecule has 0 aliphatic heterocycles. The summed E-state index contributed by atoms with van der Waals surface area (Å²) in [6.07, 6.45) is 7.76. The molecule has 6 nitrogen and oxygen atoms in total. The maximum atomic E-state index is 12.3. The molecule has 128 valence electrons. The molecule has 1 aromatic carbocycles. The Bertz CT molecular complexity index is 965. The van der Waals surface area contributed by atoms with Gasteiger partial charge in [0.05, 0.1) is 16.8 Å². The van der Waals surface area contributed by atoms with E-state index in [0.29, 0.717) is 11.5 Å². The van der Waals surface area contributed by atoms with Gasteiger partial charge in [-0.15, -0.1) is 12.4 Å². The number of aliphatic imine (C=N–C) groups is 1. The smallest absolute Gasteiger partial charge is 0.282 e. The number of guanidine groups is 1. The Morgan fingerprint density at radius 1 is 1.16 bits per heavy atom. The van der Waals surface area contributed by atoms with Crippen LogP contribution in [0, 0.1) is 0 Å². The van der Waals surface area contributed by atoms with Crippen LogP contribution in [0.5, 0.6) is 0 Å². The molecule has 0 saturated heterocycles. The van der Waals surface area contributed by atoms with Crippen LogP contribution in [-0.2, 0) is 0 Å². The van der Waals surface area contributed by atoms with Crippen molar-refractivity contribution in [3.05, 3.63) is 60.0 Å². The second kappa shape index (κ2) is 6.57. The molecule has 4 N–H and O–H groups in total. The van der Waals surface area contributed by atoms with E-state index in [-0.39, 0.29) is 18.4 Å². The minimum atomic E-state index is -0.394. The number of amides is 1. The van der Waals surface area contributed by atoms with E-state index in [1.165, 1.54) is 0 Å². The maximum absolute atomic E-state index is 12.3. The number of fused-ring (bicyclic) bond motifs is 1. The van der Waals surface area contributed by atoms with Crippen molar-refractivity contribution in [1.82, 2.24) is 9.55 Å². The zero-order chi connectivity index (χ0) is 16.7. The zero-order valence-corrected chi connectivity index (χ0v) is 14.2. The van der Waals surface area contributed by atoms with E-state index in [1.807, 2.05) is 47.3 Å². The van der Waals surface area contributed by atoms with Crippen molar-refractivity contribution in [3.63, 3.8) is 0 Å². The summed E-state index contributed by atoms with van der Waals surface area (Å²) in [4.78, 5) is 20.4. The minimum absolute atomic E-state index is 0. The summed E-state index contributed by atoms with van der Waals surface area (Å²) < 4.78 is 1.97. The van der Waals surface area contributed by atoms with E-state index in [1.54, 1.807) is 6.20 Å². The van der Waals surface area contributed by atoms with Gasteiger partial charge in [-0.2, -0.15) is 4.99 Å². The summed E-state index contributed by atoms with van der Waals surface area (Å²) in [5, 5.41) is 1.03. The molecule has 1 aliphatic carbocycles. The number of carbonyl (C=O) groups is 1. The third-order valence-electron chi connectivity index (χ3n) is 4.24. The first kappa shape index (κ1) is 17.0. The lowest BCUT2D eigenvalue weighted by Gasteiger charge is -2.06. The Kier molecular flexibility index (Phi) is 4.46. The molecule has 3 aromatic rings. The molecule has 2 aromatic heterocycles. The van der Waals surface area contributed by atoms with Crippen molar-refractivity contribution < 1.29 is 4.79 Å². The van der Waals surface area contributed by atoms with Crippen LogP contribution in [0.4, 0.5) is 0 Å². The summed E-state index contributed by atoms with van der Waals surface area (Å²) in [5.41, 5.74) is 14.2. The molecule has 1 aliphatic rings. The monoisotopic (exact) mass is 355 g/mol. The van der Waals surface area contributed by atoms with Crippen molar-refractivity contribution in [1.29, 1.82) is 0 Å². The molecule has 0 radical (unpaired) electrons. The molecular weight excluding hydrogens is 338 g/mol. The third kappa shape index (κ3) is 3.21. The Morgan fingerprint density at radius 3 is 2.64 bits per heavy atom. The van der Waals surface area contributed by atoms with E-state index in [9.17, 15) is 4.79 Å². The second-order valence-electron chi connectivity index (χ2n) is 6.00. The Morgan fingerprint density at radius 2 is 1.92 bits per heavy atom. The SMILES string of the molecule is Cl.NC(N)=NC(=O)c1cn(-c2ccnc3ccccc23)cc1C1CC1. The summed E-state index contributed by atoms with van der Waals surface area (Å²) in [7, 11) is 0. The number of hydrogen-bond donors (Lipinski definition) is 2. The van der Waals surface area contributed by atoms with E-state index in [4.69, 9.17) is 11.5 Å². The summed E-state index contributed by atoms with van der Waals surface area (Å²) in [6.45, 7) is 0. The van der Waals surface area contributed by atoms with Crippen LogP contribution in [0.15, 0.2) is 53.9 Å². The number of nitrogens with zero attached hydrogens (tertiary/aromatic N) is 3. The van der Waals surface area contributed by atoms with Crippen molar-refractivity contribution >= 4 is 35.2 Å². The standard InChI is InChI=1S/C18H17N5O.ClH/c19-18(20)22-17(24)14-10-23(9-13(14)11-5-6-11)16-7-8-21-15-4-2-1-3-12(15)16;/h1-4,7-11H,5-6H2,(H4,19,20,22,24);1H. The number of para-hydroxylation sites is 1. The Hall–Kier alpha value is -2.86. The molecule has 1 amide bonds. The van der Waals surface area contributed by atoms with Crippen LogP contribution < -0.4 is 11.5 Å². The average molecular weight is 356 g/mol. The van der Waals surface area contributed by atoms with E-state index < -0.39 is 5.91 Å². The fraction of sp³-hybridized carbons (Fsp3) is 0.167. The van der Waals surface area contributed by atoms with Gasteiger partial charge in [-0.25, -0.2) is 0 Å². The van der Waals surface area contributed by atoms with Crippen molar-refractivity contribution in [3.8, 4) is 5.69 Å². The zero-order valence-electron chi connectivity index (χ0n) is 13.4. The van der Waals surface area contributed by atoms with Gasteiger partial charge in [0, 0.05) is 24.0 Å². The van der Waals surface area contributed by atoms with Gasteiger partial charge in [-0.1, -0.05) is 18.2 Å². The first-order valence-corrected chi connectivity index (χ1v) is 7.83. The Labute approximate surface area is 151 Å². The van der Waals surface area contributed by atoms with E-state index >= 15 is 0 Å². The van der Waals surface area contributed by atoms with Gasteiger partial charge in [0.25, 0.3) is 5.91 Å². The lowest BCUT2D eigenvalue weighted by atomic mass is 10.1. The lowest BCUT2D eigenvalue weighted by molar-refractivity contribution is 0.100. The predicted molar refractivity (Wildman–Crippen MR) is 100 cm³/mol. The van der Waals surface area contributed by atoms with Crippen LogP contribution >= 0.6 is 12.4 Å². The van der Waals surface area contributed by atoms with Crippen molar-refractivity contribution in [2.45, 2.75) is 18.8 Å². The van der Waals surface area contributed by atoms with Gasteiger partial charge < -0.3 is 16.0 Å². The van der Waals surface area contributed by atoms with E-state index in [2.05, 4.69) is 9.98 Å². The fourth-order valence-electron chi connectivity index (χ4n) is 2.99. The molecule has 2 heterocycles. The van der Waals surface area contributed by atoms with Gasteiger partial charge in [0.2, 0.25) is 0 Å². The molecule has 0 atom stereocenters. The topological polar surface area (TPSA) is 99.3 Å². The summed E-state index contributed by atoms with van der Waals surface area (Å²) >= 11 is 0. The highest BCUT2D eigenvalue weighted by Crippen LogP contribution is 2.42. The Balaban J connectivity index is 0.00000182. The van der Waals surface area contributed by atoms with Crippen LogP contribution in [-0.4, -0.2) is 21.4 Å². The van der Waals surface area contributed by atoms with Gasteiger partial charge in [-0.3, -0.25) is 9.78 Å². The summed E-state index contributed by atoms with van der Waals surface area (Å²) in [5.74, 6) is -0.203. The van der Waals surface area contributed by atoms with Gasteiger partial charge >= 0.3 is 0 Å². The third-order valence-corrected chi connectivity index (χ3v) is 4.24. The number of pyridine rings is 1. The van der Waals surface area contributed by atoms with Gasteiger partial charge in [0.15, 0.2) is 5.96 Å². The fourth-order valence-corrected chi connectivity index (χ4v) is 2.99. The molecule has 0 unspecified atom stereocenters. The number of hydrogen-bond acceptors (Lipinski definition) is 2. The average Bonchev–Trinajstić information content (AvgIpc) is 3.32. The van der Waals surface area contributed by atoms with Gasteiger partial charge in [-0.05, 0) is 36.5 Å². The lowest BCUT2D eigenvalue weighted by Crippen LogP contribution is -2.24. The van der Waals surface area contributed by atoms with Crippen molar-refractivity contribution in [2.75, 3.05) is 0 Å². The minimum Gasteiger partial charge on any atom is -0.370 e. The largest absolute Gasteiger partial charge is 0.370 e.